The summed E-state index contributed by atoms with van der Waals surface area (Å²) in [5.41, 5.74) is 0.519. The van der Waals surface area contributed by atoms with Crippen LogP contribution in [0.25, 0.3) is 0 Å². The molecule has 0 unspecified atom stereocenters. The zero-order chi connectivity index (χ0) is 12.8. The Morgan fingerprint density at radius 3 is 2.44 bits per heavy atom. The fourth-order valence-electron chi connectivity index (χ4n) is 1.29. The van der Waals surface area contributed by atoms with Gasteiger partial charge in [0.25, 0.3) is 0 Å². The van der Waals surface area contributed by atoms with E-state index in [0.717, 1.165) is 0 Å². The maximum atomic E-state index is 11.2. The molecule has 0 atom stereocenters. The Morgan fingerprint density at radius 1 is 1.44 bits per heavy atom. The van der Waals surface area contributed by atoms with Crippen molar-refractivity contribution in [3.05, 3.63) is 11.6 Å². The van der Waals surface area contributed by atoms with Gasteiger partial charge >= 0.3 is 5.97 Å². The summed E-state index contributed by atoms with van der Waals surface area (Å²) in [5.74, 6) is -1.98. The van der Waals surface area contributed by atoms with Crippen molar-refractivity contribution in [2.45, 2.75) is 46.3 Å². The minimum atomic E-state index is -1.75. The van der Waals surface area contributed by atoms with Crippen molar-refractivity contribution in [2.24, 2.45) is 5.92 Å². The largest absolute Gasteiger partial charge is 0.462 e. The predicted molar refractivity (Wildman–Crippen MR) is 61.6 cm³/mol. The van der Waals surface area contributed by atoms with Crippen LogP contribution in [-0.4, -0.2) is 28.6 Å². The van der Waals surface area contributed by atoms with Crippen molar-refractivity contribution in [3.8, 4) is 0 Å². The zero-order valence-corrected chi connectivity index (χ0v) is 10.5. The standard InChI is InChI=1S/C12H22O4/c1-5-10(4)11(13)16-7-6-12(14,15)8-9(2)3/h5,9,14-15H,6-8H2,1-4H3. The molecule has 0 radical (unpaired) electrons. The van der Waals surface area contributed by atoms with Crippen molar-refractivity contribution in [2.75, 3.05) is 6.61 Å². The van der Waals surface area contributed by atoms with Gasteiger partial charge in [0.2, 0.25) is 0 Å². The van der Waals surface area contributed by atoms with Crippen LogP contribution in [0.4, 0.5) is 0 Å². The minimum Gasteiger partial charge on any atom is -0.462 e. The zero-order valence-electron chi connectivity index (χ0n) is 10.5. The summed E-state index contributed by atoms with van der Waals surface area (Å²) in [7, 11) is 0. The van der Waals surface area contributed by atoms with E-state index in [4.69, 9.17) is 4.74 Å². The van der Waals surface area contributed by atoms with Gasteiger partial charge in [0, 0.05) is 18.4 Å². The summed E-state index contributed by atoms with van der Waals surface area (Å²) >= 11 is 0. The van der Waals surface area contributed by atoms with Gasteiger partial charge in [-0.1, -0.05) is 19.9 Å². The lowest BCUT2D eigenvalue weighted by molar-refractivity contribution is -0.185. The van der Waals surface area contributed by atoms with E-state index in [1.54, 1.807) is 19.9 Å². The van der Waals surface area contributed by atoms with Gasteiger partial charge < -0.3 is 14.9 Å². The Hall–Kier alpha value is -0.870. The maximum absolute atomic E-state index is 11.2. The van der Waals surface area contributed by atoms with Crippen molar-refractivity contribution in [1.82, 2.24) is 0 Å². The predicted octanol–water partition coefficient (Wildman–Crippen LogP) is 1.61. The van der Waals surface area contributed by atoms with Gasteiger partial charge in [0.15, 0.2) is 5.79 Å². The smallest absolute Gasteiger partial charge is 0.333 e. The van der Waals surface area contributed by atoms with Crippen LogP contribution in [0.15, 0.2) is 11.6 Å². The molecule has 0 aliphatic carbocycles. The maximum Gasteiger partial charge on any atom is 0.333 e. The fraction of sp³-hybridized carbons (Fsp3) is 0.750. The lowest BCUT2D eigenvalue weighted by atomic mass is 10.0. The molecule has 94 valence electrons. The molecule has 0 amide bonds. The lowest BCUT2D eigenvalue weighted by Crippen LogP contribution is -2.32. The molecule has 0 saturated heterocycles. The Labute approximate surface area is 96.9 Å². The number of hydrogen-bond acceptors (Lipinski definition) is 4. The first-order valence-electron chi connectivity index (χ1n) is 5.53. The molecule has 16 heavy (non-hydrogen) atoms. The van der Waals surface area contributed by atoms with Gasteiger partial charge in [-0.3, -0.25) is 0 Å². The Morgan fingerprint density at radius 2 is 2.00 bits per heavy atom. The molecule has 4 nitrogen and oxygen atoms in total. The van der Waals surface area contributed by atoms with Crippen LogP contribution in [0.1, 0.15) is 40.5 Å². The molecule has 0 aromatic heterocycles. The number of ether oxygens (including phenoxy) is 1. The van der Waals surface area contributed by atoms with Crippen LogP contribution >= 0.6 is 0 Å². The molecule has 0 saturated carbocycles. The molecule has 4 heteroatoms. The fourth-order valence-corrected chi connectivity index (χ4v) is 1.29. The van der Waals surface area contributed by atoms with Gasteiger partial charge in [0.05, 0.1) is 6.61 Å². The SMILES string of the molecule is CC=C(C)C(=O)OCCC(O)(O)CC(C)C. The second-order valence-corrected chi connectivity index (χ2v) is 4.44. The topological polar surface area (TPSA) is 66.8 Å². The molecular weight excluding hydrogens is 208 g/mol. The highest BCUT2D eigenvalue weighted by molar-refractivity contribution is 5.87. The summed E-state index contributed by atoms with van der Waals surface area (Å²) in [6, 6.07) is 0. The van der Waals surface area contributed by atoms with Gasteiger partial charge in [-0.2, -0.15) is 0 Å². The highest BCUT2D eigenvalue weighted by Gasteiger charge is 2.24. The van der Waals surface area contributed by atoms with E-state index in [1.165, 1.54) is 0 Å². The highest BCUT2D eigenvalue weighted by atomic mass is 16.5. The third kappa shape index (κ3) is 6.58. The molecule has 0 heterocycles. The van der Waals surface area contributed by atoms with Crippen LogP contribution in [0, 0.1) is 5.92 Å². The number of hydrogen-bond donors (Lipinski definition) is 2. The number of rotatable bonds is 6. The van der Waals surface area contributed by atoms with Crippen molar-refractivity contribution < 1.29 is 19.7 Å². The van der Waals surface area contributed by atoms with E-state index in [-0.39, 0.29) is 25.4 Å². The normalized spacial score (nSPS) is 13.1. The average Bonchev–Trinajstić information content (AvgIpc) is 2.13. The first-order chi connectivity index (χ1) is 7.28. The van der Waals surface area contributed by atoms with E-state index in [0.29, 0.717) is 5.57 Å². The molecule has 0 aromatic rings. The Bertz CT molecular complexity index is 254. The summed E-state index contributed by atoms with van der Waals surface area (Å²) < 4.78 is 4.88. The van der Waals surface area contributed by atoms with Crippen LogP contribution in [0.5, 0.6) is 0 Å². The summed E-state index contributed by atoms with van der Waals surface area (Å²) in [6.07, 6.45) is 1.96. The molecule has 0 bridgehead atoms. The molecule has 0 rings (SSSR count). The van der Waals surface area contributed by atoms with Gasteiger partial charge in [0.1, 0.15) is 0 Å². The van der Waals surface area contributed by atoms with Crippen molar-refractivity contribution in [3.63, 3.8) is 0 Å². The number of carbonyl (C=O) groups excluding carboxylic acids is 1. The van der Waals surface area contributed by atoms with E-state index >= 15 is 0 Å². The number of allylic oxidation sites excluding steroid dienone is 1. The monoisotopic (exact) mass is 230 g/mol. The first kappa shape index (κ1) is 15.1. The summed E-state index contributed by atoms with van der Waals surface area (Å²) in [4.78, 5) is 11.2. The quantitative estimate of drug-likeness (QED) is 0.413. The highest BCUT2D eigenvalue weighted by Crippen LogP contribution is 2.17. The van der Waals surface area contributed by atoms with Crippen LogP contribution in [0.3, 0.4) is 0 Å². The molecule has 0 fully saturated rings. The third-order valence-electron chi connectivity index (χ3n) is 2.23. The molecular formula is C12H22O4. The Balaban J connectivity index is 3.94. The van der Waals surface area contributed by atoms with Crippen LogP contribution in [-0.2, 0) is 9.53 Å². The second-order valence-electron chi connectivity index (χ2n) is 4.44. The Kier molecular flexibility index (Phi) is 6.29. The average molecular weight is 230 g/mol. The van der Waals surface area contributed by atoms with Crippen LogP contribution in [0.2, 0.25) is 0 Å². The van der Waals surface area contributed by atoms with Gasteiger partial charge in [-0.15, -0.1) is 0 Å². The molecule has 0 spiro atoms. The third-order valence-corrected chi connectivity index (χ3v) is 2.23. The summed E-state index contributed by atoms with van der Waals surface area (Å²) in [6.45, 7) is 7.22. The van der Waals surface area contributed by atoms with E-state index in [1.807, 2.05) is 13.8 Å². The molecule has 0 aromatic carbocycles. The molecule has 0 aliphatic rings. The first-order valence-corrected chi connectivity index (χ1v) is 5.53. The number of aliphatic hydroxyl groups is 2. The van der Waals surface area contributed by atoms with Crippen molar-refractivity contribution >= 4 is 5.97 Å². The van der Waals surface area contributed by atoms with E-state index in [9.17, 15) is 15.0 Å². The number of esters is 1. The minimum absolute atomic E-state index is 0.0176. The second kappa shape index (κ2) is 6.66. The number of carbonyl (C=O) groups is 1. The van der Waals surface area contributed by atoms with Gasteiger partial charge in [-0.25, -0.2) is 4.79 Å². The van der Waals surface area contributed by atoms with E-state index in [2.05, 4.69) is 0 Å². The van der Waals surface area contributed by atoms with Crippen molar-refractivity contribution in [1.29, 1.82) is 0 Å². The summed E-state index contributed by atoms with van der Waals surface area (Å²) in [5, 5.41) is 19.1. The molecule has 0 aliphatic heterocycles. The van der Waals surface area contributed by atoms with Crippen LogP contribution < -0.4 is 0 Å². The lowest BCUT2D eigenvalue weighted by Gasteiger charge is -2.23. The van der Waals surface area contributed by atoms with Gasteiger partial charge in [-0.05, 0) is 19.8 Å². The molecule has 2 N–H and O–H groups in total. The van der Waals surface area contributed by atoms with E-state index < -0.39 is 11.8 Å².